The summed E-state index contributed by atoms with van der Waals surface area (Å²) < 4.78 is 5.25. The van der Waals surface area contributed by atoms with Gasteiger partial charge in [0, 0.05) is 11.6 Å². The predicted octanol–water partition coefficient (Wildman–Crippen LogP) is 2.33. The number of anilines is 2. The van der Waals surface area contributed by atoms with Crippen molar-refractivity contribution in [2.24, 2.45) is 5.84 Å². The highest BCUT2D eigenvalue weighted by Gasteiger charge is 2.08. The Hall–Kier alpha value is -2.60. The summed E-state index contributed by atoms with van der Waals surface area (Å²) in [6, 6.07) is 8.71. The molecule has 0 saturated heterocycles. The lowest BCUT2D eigenvalue weighted by molar-refractivity contribution is 0.102. The molecular formula is C15H18N4O2. The molecule has 0 atom stereocenters. The lowest BCUT2D eigenvalue weighted by atomic mass is 10.1. The zero-order valence-electron chi connectivity index (χ0n) is 12.0. The Balaban J connectivity index is 2.08. The second-order valence-electron chi connectivity index (χ2n) is 4.45. The fourth-order valence-electron chi connectivity index (χ4n) is 1.86. The Morgan fingerprint density at radius 3 is 2.71 bits per heavy atom. The molecule has 4 N–H and O–H groups in total. The zero-order chi connectivity index (χ0) is 15.2. The van der Waals surface area contributed by atoms with E-state index in [1.807, 2.05) is 13.8 Å². The van der Waals surface area contributed by atoms with Crippen LogP contribution in [0.2, 0.25) is 0 Å². The minimum absolute atomic E-state index is 0.201. The van der Waals surface area contributed by atoms with Gasteiger partial charge in [0.25, 0.3) is 5.91 Å². The number of pyridine rings is 1. The van der Waals surface area contributed by atoms with E-state index in [2.05, 4.69) is 15.7 Å². The first kappa shape index (κ1) is 14.8. The van der Waals surface area contributed by atoms with Gasteiger partial charge in [-0.1, -0.05) is 0 Å². The van der Waals surface area contributed by atoms with E-state index in [9.17, 15) is 4.79 Å². The molecule has 21 heavy (non-hydrogen) atoms. The summed E-state index contributed by atoms with van der Waals surface area (Å²) >= 11 is 0. The number of carbonyl (C=O) groups excluding carboxylic acids is 1. The zero-order valence-corrected chi connectivity index (χ0v) is 12.0. The fourth-order valence-corrected chi connectivity index (χ4v) is 1.86. The van der Waals surface area contributed by atoms with Gasteiger partial charge in [0.05, 0.1) is 24.2 Å². The molecule has 110 valence electrons. The Morgan fingerprint density at radius 2 is 2.14 bits per heavy atom. The van der Waals surface area contributed by atoms with Gasteiger partial charge in [-0.3, -0.25) is 10.6 Å². The number of nitrogens with zero attached hydrogens (tertiary/aromatic N) is 1. The number of hydrazine groups is 1. The molecule has 0 aliphatic carbocycles. The number of aryl methyl sites for hydroxylation is 1. The molecule has 1 aromatic carbocycles. The third-order valence-electron chi connectivity index (χ3n) is 2.93. The molecule has 0 unspecified atom stereocenters. The standard InChI is InChI=1S/C15H18N4O2/c1-3-21-14-7-5-12(9-17-14)18-15(20)11-4-6-13(19-16)10(2)8-11/h4-9,19H,3,16H2,1-2H3,(H,18,20). The van der Waals surface area contributed by atoms with Crippen LogP contribution < -0.4 is 21.3 Å². The van der Waals surface area contributed by atoms with Gasteiger partial charge >= 0.3 is 0 Å². The quantitative estimate of drug-likeness (QED) is 0.580. The third kappa shape index (κ3) is 3.70. The van der Waals surface area contributed by atoms with Crippen molar-refractivity contribution in [2.45, 2.75) is 13.8 Å². The SMILES string of the molecule is CCOc1ccc(NC(=O)c2ccc(NN)c(C)c2)cn1. The molecule has 0 aliphatic rings. The molecule has 6 heteroatoms. The van der Waals surface area contributed by atoms with Crippen LogP contribution in [0, 0.1) is 6.92 Å². The first-order valence-corrected chi connectivity index (χ1v) is 6.61. The number of nitrogen functional groups attached to an aromatic ring is 1. The Bertz CT molecular complexity index is 626. The van der Waals surface area contributed by atoms with Gasteiger partial charge in [0.15, 0.2) is 0 Å². The molecule has 1 amide bonds. The third-order valence-corrected chi connectivity index (χ3v) is 2.93. The van der Waals surface area contributed by atoms with Crippen molar-refractivity contribution in [2.75, 3.05) is 17.3 Å². The summed E-state index contributed by atoms with van der Waals surface area (Å²) in [6.07, 6.45) is 1.56. The molecule has 0 aliphatic heterocycles. The van der Waals surface area contributed by atoms with E-state index in [0.29, 0.717) is 23.7 Å². The highest BCUT2D eigenvalue weighted by molar-refractivity contribution is 6.04. The summed E-state index contributed by atoms with van der Waals surface area (Å²) in [7, 11) is 0. The number of carbonyl (C=O) groups is 1. The van der Waals surface area contributed by atoms with Crippen LogP contribution >= 0.6 is 0 Å². The number of rotatable bonds is 5. The number of hydrogen-bond donors (Lipinski definition) is 3. The van der Waals surface area contributed by atoms with Crippen LogP contribution in [0.15, 0.2) is 36.5 Å². The van der Waals surface area contributed by atoms with Crippen molar-refractivity contribution in [1.82, 2.24) is 4.98 Å². The normalized spacial score (nSPS) is 10.0. The molecule has 0 fully saturated rings. The van der Waals surface area contributed by atoms with Crippen LogP contribution in [0.25, 0.3) is 0 Å². The smallest absolute Gasteiger partial charge is 0.255 e. The fraction of sp³-hybridized carbons (Fsp3) is 0.200. The summed E-state index contributed by atoms with van der Waals surface area (Å²) in [5.41, 5.74) is 5.43. The van der Waals surface area contributed by atoms with Crippen LogP contribution in [0.5, 0.6) is 5.88 Å². The maximum atomic E-state index is 12.2. The number of benzene rings is 1. The van der Waals surface area contributed by atoms with Crippen molar-refractivity contribution in [3.8, 4) is 5.88 Å². The highest BCUT2D eigenvalue weighted by atomic mass is 16.5. The molecule has 6 nitrogen and oxygen atoms in total. The first-order valence-electron chi connectivity index (χ1n) is 6.61. The lowest BCUT2D eigenvalue weighted by Gasteiger charge is -2.09. The molecule has 0 saturated carbocycles. The van der Waals surface area contributed by atoms with Crippen LogP contribution in [0.1, 0.15) is 22.8 Å². The number of amides is 1. The molecule has 2 rings (SSSR count). The summed E-state index contributed by atoms with van der Waals surface area (Å²) in [4.78, 5) is 16.3. The Labute approximate surface area is 123 Å². The summed E-state index contributed by atoms with van der Waals surface area (Å²) in [6.45, 7) is 4.32. The summed E-state index contributed by atoms with van der Waals surface area (Å²) in [5, 5.41) is 2.78. The molecular weight excluding hydrogens is 268 g/mol. The molecule has 1 aromatic heterocycles. The van der Waals surface area contributed by atoms with E-state index in [4.69, 9.17) is 10.6 Å². The van der Waals surface area contributed by atoms with Gasteiger partial charge in [0.2, 0.25) is 5.88 Å². The number of aromatic nitrogens is 1. The van der Waals surface area contributed by atoms with Gasteiger partial charge < -0.3 is 15.5 Å². The minimum atomic E-state index is -0.201. The first-order chi connectivity index (χ1) is 10.1. The van der Waals surface area contributed by atoms with E-state index >= 15 is 0 Å². The number of hydrogen-bond acceptors (Lipinski definition) is 5. The van der Waals surface area contributed by atoms with E-state index in [1.165, 1.54) is 0 Å². The molecule has 2 aromatic rings. The van der Waals surface area contributed by atoms with Gasteiger partial charge in [0.1, 0.15) is 0 Å². The van der Waals surface area contributed by atoms with Crippen molar-refractivity contribution >= 4 is 17.3 Å². The average Bonchev–Trinajstić information content (AvgIpc) is 2.49. The van der Waals surface area contributed by atoms with E-state index in [1.54, 1.807) is 36.5 Å². The largest absolute Gasteiger partial charge is 0.478 e. The Kier molecular flexibility index (Phi) is 4.73. The number of nitrogens with two attached hydrogens (primary N) is 1. The monoisotopic (exact) mass is 286 g/mol. The molecule has 0 spiro atoms. The van der Waals surface area contributed by atoms with Crippen LogP contribution in [0.4, 0.5) is 11.4 Å². The topological polar surface area (TPSA) is 89.3 Å². The predicted molar refractivity (Wildman–Crippen MR) is 82.3 cm³/mol. The van der Waals surface area contributed by atoms with Crippen LogP contribution in [-0.2, 0) is 0 Å². The maximum absolute atomic E-state index is 12.2. The van der Waals surface area contributed by atoms with Gasteiger partial charge in [-0.05, 0) is 43.7 Å². The second kappa shape index (κ2) is 6.71. The van der Waals surface area contributed by atoms with Crippen LogP contribution in [-0.4, -0.2) is 17.5 Å². The van der Waals surface area contributed by atoms with Crippen molar-refractivity contribution in [3.05, 3.63) is 47.7 Å². The van der Waals surface area contributed by atoms with Gasteiger partial charge in [-0.25, -0.2) is 4.98 Å². The lowest BCUT2D eigenvalue weighted by Crippen LogP contribution is -2.13. The van der Waals surface area contributed by atoms with E-state index in [0.717, 1.165) is 11.3 Å². The second-order valence-corrected chi connectivity index (χ2v) is 4.45. The van der Waals surface area contributed by atoms with Crippen molar-refractivity contribution in [1.29, 1.82) is 0 Å². The van der Waals surface area contributed by atoms with Gasteiger partial charge in [-0.2, -0.15) is 0 Å². The minimum Gasteiger partial charge on any atom is -0.478 e. The maximum Gasteiger partial charge on any atom is 0.255 e. The number of nitrogens with one attached hydrogen (secondary N) is 2. The highest BCUT2D eigenvalue weighted by Crippen LogP contribution is 2.17. The van der Waals surface area contributed by atoms with E-state index < -0.39 is 0 Å². The molecule has 0 radical (unpaired) electrons. The molecule has 1 heterocycles. The van der Waals surface area contributed by atoms with Gasteiger partial charge in [-0.15, -0.1) is 0 Å². The Morgan fingerprint density at radius 1 is 1.33 bits per heavy atom. The van der Waals surface area contributed by atoms with Crippen molar-refractivity contribution < 1.29 is 9.53 Å². The molecule has 0 bridgehead atoms. The van der Waals surface area contributed by atoms with Crippen LogP contribution in [0.3, 0.4) is 0 Å². The number of ether oxygens (including phenoxy) is 1. The summed E-state index contributed by atoms with van der Waals surface area (Å²) in [5.74, 6) is 5.70. The van der Waals surface area contributed by atoms with E-state index in [-0.39, 0.29) is 5.91 Å². The average molecular weight is 286 g/mol. The van der Waals surface area contributed by atoms with Crippen molar-refractivity contribution in [3.63, 3.8) is 0 Å².